The van der Waals surface area contributed by atoms with Crippen LogP contribution in [0.5, 0.6) is 0 Å². The van der Waals surface area contributed by atoms with E-state index in [0.29, 0.717) is 0 Å². The van der Waals surface area contributed by atoms with Gasteiger partial charge in [-0.25, -0.2) is 4.39 Å². The monoisotopic (exact) mass is 281 g/mol. The second kappa shape index (κ2) is 7.12. The Hall–Kier alpha value is -1.78. The number of benzene rings is 1. The van der Waals surface area contributed by atoms with Crippen LogP contribution in [0.2, 0.25) is 0 Å². The van der Waals surface area contributed by atoms with Gasteiger partial charge in [-0.1, -0.05) is 25.4 Å². The maximum Gasteiger partial charge on any atom is 0.144 e. The summed E-state index contributed by atoms with van der Waals surface area (Å²) in [5.74, 6) is 0.0482. The average Bonchev–Trinajstić information content (AvgIpc) is 2.43. The number of amidine groups is 1. The Bertz CT molecular complexity index is 443. The fourth-order valence-electron chi connectivity index (χ4n) is 2.00. The lowest BCUT2D eigenvalue weighted by Gasteiger charge is -2.24. The Balaban J connectivity index is 2.36. The van der Waals surface area contributed by atoms with Crippen molar-refractivity contribution in [3.63, 3.8) is 0 Å². The van der Waals surface area contributed by atoms with E-state index in [1.54, 1.807) is 12.1 Å². The van der Waals surface area contributed by atoms with Gasteiger partial charge in [0, 0.05) is 24.7 Å². The fraction of sp³-hybridized carbons (Fsp3) is 0.533. The van der Waals surface area contributed by atoms with Crippen LogP contribution in [-0.2, 0) is 0 Å². The Morgan fingerprint density at radius 3 is 2.45 bits per heavy atom. The van der Waals surface area contributed by atoms with Gasteiger partial charge < -0.3 is 15.8 Å². The van der Waals surface area contributed by atoms with Gasteiger partial charge in [-0.3, -0.25) is 0 Å². The van der Waals surface area contributed by atoms with Gasteiger partial charge in [0.05, 0.1) is 0 Å². The van der Waals surface area contributed by atoms with Gasteiger partial charge >= 0.3 is 0 Å². The number of hydrogen-bond acceptors (Lipinski definition) is 3. The number of nitrogens with zero attached hydrogens (tertiary/aromatic N) is 2. The number of anilines is 1. The average molecular weight is 281 g/mol. The molecule has 0 spiro atoms. The first-order valence-electron chi connectivity index (χ1n) is 6.81. The van der Waals surface area contributed by atoms with Crippen LogP contribution in [0.3, 0.4) is 0 Å². The standard InChI is InChI=1S/C15H24FN3O/c1-15(2,14(17)18-20)10-4-5-11-19(3)13-8-6-12(16)7-9-13/h6-9,20H,4-5,10-11H2,1-3H3,(H2,17,18). The third-order valence-electron chi connectivity index (χ3n) is 3.61. The van der Waals surface area contributed by atoms with Crippen molar-refractivity contribution in [3.8, 4) is 0 Å². The molecular weight excluding hydrogens is 257 g/mol. The van der Waals surface area contributed by atoms with Gasteiger partial charge in [-0.05, 0) is 37.1 Å². The van der Waals surface area contributed by atoms with Crippen LogP contribution in [0.1, 0.15) is 33.1 Å². The Labute approximate surface area is 120 Å². The summed E-state index contributed by atoms with van der Waals surface area (Å²) in [6.07, 6.45) is 2.84. The van der Waals surface area contributed by atoms with Crippen molar-refractivity contribution in [3.05, 3.63) is 30.1 Å². The summed E-state index contributed by atoms with van der Waals surface area (Å²) in [4.78, 5) is 2.09. The van der Waals surface area contributed by atoms with E-state index in [-0.39, 0.29) is 17.1 Å². The van der Waals surface area contributed by atoms with Crippen molar-refractivity contribution in [2.75, 3.05) is 18.5 Å². The number of hydrogen-bond donors (Lipinski definition) is 2. The SMILES string of the molecule is CN(CCCCC(C)(C)/C(N)=N/O)c1ccc(F)cc1. The first-order chi connectivity index (χ1) is 9.36. The van der Waals surface area contributed by atoms with Crippen LogP contribution < -0.4 is 10.6 Å². The summed E-state index contributed by atoms with van der Waals surface area (Å²) in [5, 5.41) is 11.8. The highest BCUT2D eigenvalue weighted by Gasteiger charge is 2.22. The fourth-order valence-corrected chi connectivity index (χ4v) is 2.00. The molecule has 0 fully saturated rings. The predicted molar refractivity (Wildman–Crippen MR) is 80.7 cm³/mol. The molecule has 1 rings (SSSR count). The van der Waals surface area contributed by atoms with E-state index in [2.05, 4.69) is 10.1 Å². The second-order valence-electron chi connectivity index (χ2n) is 5.72. The van der Waals surface area contributed by atoms with Crippen molar-refractivity contribution in [2.45, 2.75) is 33.1 Å². The third-order valence-corrected chi connectivity index (χ3v) is 3.61. The molecule has 3 N–H and O–H groups in total. The predicted octanol–water partition coefficient (Wildman–Crippen LogP) is 3.20. The number of nitrogens with two attached hydrogens (primary N) is 1. The summed E-state index contributed by atoms with van der Waals surface area (Å²) in [7, 11) is 1.99. The van der Waals surface area contributed by atoms with Gasteiger partial charge in [0.25, 0.3) is 0 Å². The molecule has 1 aromatic carbocycles. The van der Waals surface area contributed by atoms with E-state index < -0.39 is 0 Å². The number of halogens is 1. The molecule has 5 heteroatoms. The zero-order valence-electron chi connectivity index (χ0n) is 12.4. The molecule has 0 saturated carbocycles. The molecule has 1 aromatic rings. The number of unbranched alkanes of at least 4 members (excludes halogenated alkanes) is 1. The minimum atomic E-state index is -0.288. The minimum Gasteiger partial charge on any atom is -0.409 e. The normalized spacial score (nSPS) is 12.5. The zero-order chi connectivity index (χ0) is 15.2. The van der Waals surface area contributed by atoms with Crippen molar-refractivity contribution < 1.29 is 9.60 Å². The van der Waals surface area contributed by atoms with E-state index >= 15 is 0 Å². The quantitative estimate of drug-likeness (QED) is 0.265. The van der Waals surface area contributed by atoms with Crippen LogP contribution >= 0.6 is 0 Å². The van der Waals surface area contributed by atoms with Gasteiger partial charge in [0.1, 0.15) is 11.7 Å². The molecule has 0 aromatic heterocycles. The Kier molecular flexibility index (Phi) is 5.80. The van der Waals surface area contributed by atoms with Gasteiger partial charge in [0.2, 0.25) is 0 Å². The molecule has 0 atom stereocenters. The topological polar surface area (TPSA) is 61.8 Å². The molecule has 20 heavy (non-hydrogen) atoms. The first kappa shape index (κ1) is 16.3. The molecule has 0 aliphatic rings. The zero-order valence-corrected chi connectivity index (χ0v) is 12.4. The lowest BCUT2D eigenvalue weighted by molar-refractivity contribution is 0.304. The van der Waals surface area contributed by atoms with Crippen molar-refractivity contribution in [1.29, 1.82) is 0 Å². The summed E-state index contributed by atoms with van der Waals surface area (Å²) < 4.78 is 12.8. The lowest BCUT2D eigenvalue weighted by atomic mass is 9.86. The van der Waals surface area contributed by atoms with Gasteiger partial charge in [0.15, 0.2) is 0 Å². The van der Waals surface area contributed by atoms with Crippen LogP contribution in [0.4, 0.5) is 10.1 Å². The van der Waals surface area contributed by atoms with Crippen molar-refractivity contribution in [2.24, 2.45) is 16.3 Å². The van der Waals surface area contributed by atoms with Gasteiger partial charge in [-0.2, -0.15) is 0 Å². The van der Waals surface area contributed by atoms with Crippen LogP contribution in [0.15, 0.2) is 29.4 Å². The Morgan fingerprint density at radius 1 is 1.30 bits per heavy atom. The largest absolute Gasteiger partial charge is 0.409 e. The summed E-state index contributed by atoms with van der Waals surface area (Å²) in [6, 6.07) is 6.48. The minimum absolute atomic E-state index is 0.220. The maximum atomic E-state index is 12.8. The second-order valence-corrected chi connectivity index (χ2v) is 5.72. The highest BCUT2D eigenvalue weighted by Crippen LogP contribution is 2.23. The Morgan fingerprint density at radius 2 is 1.90 bits per heavy atom. The smallest absolute Gasteiger partial charge is 0.144 e. The summed E-state index contributed by atoms with van der Waals surface area (Å²) in [6.45, 7) is 4.81. The maximum absolute atomic E-state index is 12.8. The number of rotatable bonds is 7. The molecule has 0 aliphatic carbocycles. The first-order valence-corrected chi connectivity index (χ1v) is 6.81. The highest BCUT2D eigenvalue weighted by molar-refractivity contribution is 5.85. The molecule has 112 valence electrons. The molecule has 0 saturated heterocycles. The summed E-state index contributed by atoms with van der Waals surface area (Å²) in [5.41, 5.74) is 6.37. The van der Waals surface area contributed by atoms with Crippen molar-refractivity contribution in [1.82, 2.24) is 0 Å². The van der Waals surface area contributed by atoms with E-state index in [0.717, 1.165) is 31.5 Å². The van der Waals surface area contributed by atoms with Crippen LogP contribution in [-0.4, -0.2) is 24.6 Å². The van der Waals surface area contributed by atoms with E-state index in [9.17, 15) is 4.39 Å². The molecular formula is C15H24FN3O. The van der Waals surface area contributed by atoms with E-state index in [1.165, 1.54) is 12.1 Å². The molecule has 0 aliphatic heterocycles. The number of oxime groups is 1. The molecule has 0 amide bonds. The molecule has 0 unspecified atom stereocenters. The highest BCUT2D eigenvalue weighted by atomic mass is 19.1. The molecule has 4 nitrogen and oxygen atoms in total. The summed E-state index contributed by atoms with van der Waals surface area (Å²) >= 11 is 0. The van der Waals surface area contributed by atoms with Crippen LogP contribution in [0.25, 0.3) is 0 Å². The van der Waals surface area contributed by atoms with E-state index in [4.69, 9.17) is 10.9 Å². The lowest BCUT2D eigenvalue weighted by Crippen LogP contribution is -2.32. The third kappa shape index (κ3) is 4.72. The van der Waals surface area contributed by atoms with Gasteiger partial charge in [-0.15, -0.1) is 0 Å². The molecule has 0 radical (unpaired) electrons. The van der Waals surface area contributed by atoms with E-state index in [1.807, 2.05) is 20.9 Å². The molecule has 0 heterocycles. The molecule has 0 bridgehead atoms. The van der Waals surface area contributed by atoms with Crippen LogP contribution in [0, 0.1) is 11.2 Å². The van der Waals surface area contributed by atoms with Crippen molar-refractivity contribution >= 4 is 11.5 Å².